The predicted molar refractivity (Wildman–Crippen MR) is 111 cm³/mol. The number of rotatable bonds is 3. The highest BCUT2D eigenvalue weighted by Gasteiger charge is 2.34. The number of para-hydroxylation sites is 2. The van der Waals surface area contributed by atoms with E-state index < -0.39 is 0 Å². The first kappa shape index (κ1) is 16.8. The number of benzene rings is 2. The Morgan fingerprint density at radius 3 is 2.85 bits per heavy atom. The quantitative estimate of drug-likeness (QED) is 0.483. The molecule has 1 aliphatic rings. The van der Waals surface area contributed by atoms with Gasteiger partial charge >= 0.3 is 0 Å². The topological polar surface area (TPSA) is 50.5 Å². The molecule has 0 saturated heterocycles. The van der Waals surface area contributed by atoms with Gasteiger partial charge in [-0.05, 0) is 44.0 Å². The third-order valence-corrected chi connectivity index (χ3v) is 7.03. The van der Waals surface area contributed by atoms with Crippen LogP contribution in [0.5, 0.6) is 0 Å². The first-order valence-corrected chi connectivity index (χ1v) is 10.6. The maximum absolute atomic E-state index is 13.2. The lowest BCUT2D eigenvalue weighted by Crippen LogP contribution is -2.40. The summed E-state index contributed by atoms with van der Waals surface area (Å²) < 4.78 is 3.22. The molecule has 0 bridgehead atoms. The molecule has 2 aromatic heterocycles. The van der Waals surface area contributed by atoms with E-state index in [1.54, 1.807) is 11.3 Å². The minimum atomic E-state index is -0.246. The zero-order valence-electron chi connectivity index (χ0n) is 15.0. The van der Waals surface area contributed by atoms with Crippen LogP contribution in [0.1, 0.15) is 19.4 Å². The number of anilines is 1. The molecule has 0 fully saturated rings. The van der Waals surface area contributed by atoms with Crippen molar-refractivity contribution in [1.82, 2.24) is 14.6 Å². The highest BCUT2D eigenvalue weighted by molar-refractivity contribution is 8.00. The number of hydrogen-bond acceptors (Lipinski definition) is 5. The molecular formula is C20H18N4OS2. The molecule has 0 saturated carbocycles. The molecule has 1 aliphatic heterocycles. The van der Waals surface area contributed by atoms with Crippen molar-refractivity contribution < 1.29 is 4.79 Å². The lowest BCUT2D eigenvalue weighted by Gasteiger charge is -2.25. The van der Waals surface area contributed by atoms with Crippen LogP contribution < -0.4 is 4.90 Å². The number of hydrogen-bond donors (Lipinski definition) is 0. The lowest BCUT2D eigenvalue weighted by atomic mass is 10.1. The second-order valence-electron chi connectivity index (χ2n) is 6.82. The average molecular weight is 395 g/mol. The van der Waals surface area contributed by atoms with Gasteiger partial charge in [0.25, 0.3) is 0 Å². The molecule has 5 nitrogen and oxygen atoms in total. The zero-order chi connectivity index (χ0) is 18.5. The summed E-state index contributed by atoms with van der Waals surface area (Å²) in [7, 11) is 0. The molecular weight excluding hydrogens is 376 g/mol. The van der Waals surface area contributed by atoms with Gasteiger partial charge in [0.05, 0.1) is 15.5 Å². The summed E-state index contributed by atoms with van der Waals surface area (Å²) in [5.41, 5.74) is 3.36. The van der Waals surface area contributed by atoms with E-state index in [1.807, 2.05) is 42.2 Å². The fourth-order valence-electron chi connectivity index (χ4n) is 3.74. The number of thioether (sulfide) groups is 1. The van der Waals surface area contributed by atoms with Gasteiger partial charge in [-0.1, -0.05) is 53.4 Å². The Morgan fingerprint density at radius 1 is 1.19 bits per heavy atom. The number of thiazole rings is 1. The standard InChI is InChI=1S/C20H18N4OS2/c1-12-11-14-7-3-4-8-15(14)23(12)18(25)13(2)26-19-21-22-20-24(19)16-9-5-6-10-17(16)27-20/h3-10,12-13H,11H2,1-2H3/t12-,13-/m1/s1. The van der Waals surface area contributed by atoms with Crippen molar-refractivity contribution >= 4 is 49.9 Å². The van der Waals surface area contributed by atoms with E-state index in [4.69, 9.17) is 0 Å². The Kier molecular flexibility index (Phi) is 3.94. The summed E-state index contributed by atoms with van der Waals surface area (Å²) in [4.78, 5) is 16.0. The first-order chi connectivity index (χ1) is 13.1. The van der Waals surface area contributed by atoms with Crippen molar-refractivity contribution in [2.24, 2.45) is 0 Å². The highest BCUT2D eigenvalue weighted by Crippen LogP contribution is 2.36. The molecule has 5 rings (SSSR count). The molecule has 0 aliphatic carbocycles. The van der Waals surface area contributed by atoms with Gasteiger partial charge in [0.1, 0.15) is 0 Å². The van der Waals surface area contributed by atoms with Crippen molar-refractivity contribution in [2.45, 2.75) is 36.7 Å². The molecule has 1 amide bonds. The van der Waals surface area contributed by atoms with E-state index >= 15 is 0 Å². The molecule has 0 radical (unpaired) electrons. The summed E-state index contributed by atoms with van der Waals surface area (Å²) >= 11 is 3.09. The van der Waals surface area contributed by atoms with Gasteiger partial charge < -0.3 is 4.90 Å². The normalized spacial score (nSPS) is 17.6. The van der Waals surface area contributed by atoms with Crippen molar-refractivity contribution in [3.05, 3.63) is 54.1 Å². The predicted octanol–water partition coefficient (Wildman–Crippen LogP) is 4.40. The Balaban J connectivity index is 1.46. The van der Waals surface area contributed by atoms with Crippen molar-refractivity contribution in [3.8, 4) is 0 Å². The van der Waals surface area contributed by atoms with Crippen LogP contribution in [0.2, 0.25) is 0 Å². The van der Waals surface area contributed by atoms with E-state index in [0.717, 1.165) is 27.7 Å². The van der Waals surface area contributed by atoms with Crippen LogP contribution in [0.4, 0.5) is 5.69 Å². The van der Waals surface area contributed by atoms with Gasteiger partial charge in [-0.2, -0.15) is 0 Å². The van der Waals surface area contributed by atoms with Gasteiger partial charge in [0.2, 0.25) is 10.9 Å². The van der Waals surface area contributed by atoms with Crippen LogP contribution in [0, 0.1) is 0 Å². The van der Waals surface area contributed by atoms with E-state index in [9.17, 15) is 4.79 Å². The SMILES string of the molecule is C[C@@H]1Cc2ccccc2N1C(=O)[C@@H](C)Sc1nnc2sc3ccccc3n12. The van der Waals surface area contributed by atoms with Crippen LogP contribution >= 0.6 is 23.1 Å². The van der Waals surface area contributed by atoms with Crippen LogP contribution in [0.15, 0.2) is 53.7 Å². The minimum absolute atomic E-state index is 0.119. The molecule has 2 atom stereocenters. The van der Waals surface area contributed by atoms with Crippen LogP contribution in [-0.2, 0) is 11.2 Å². The second kappa shape index (κ2) is 6.35. The highest BCUT2D eigenvalue weighted by atomic mass is 32.2. The maximum Gasteiger partial charge on any atom is 0.240 e. The van der Waals surface area contributed by atoms with E-state index in [-0.39, 0.29) is 17.2 Å². The first-order valence-electron chi connectivity index (χ1n) is 8.94. The minimum Gasteiger partial charge on any atom is -0.308 e. The smallest absolute Gasteiger partial charge is 0.240 e. The molecule has 27 heavy (non-hydrogen) atoms. The number of nitrogens with zero attached hydrogens (tertiary/aromatic N) is 4. The third kappa shape index (κ3) is 2.64. The summed E-state index contributed by atoms with van der Waals surface area (Å²) in [6, 6.07) is 16.5. The molecule has 2 aromatic carbocycles. The van der Waals surface area contributed by atoms with Crippen molar-refractivity contribution in [3.63, 3.8) is 0 Å². The monoisotopic (exact) mass is 394 g/mol. The molecule has 3 heterocycles. The number of carbonyl (C=O) groups is 1. The third-order valence-electron chi connectivity index (χ3n) is 4.99. The van der Waals surface area contributed by atoms with Gasteiger partial charge in [0.15, 0.2) is 5.16 Å². The van der Waals surface area contributed by atoms with E-state index in [1.165, 1.54) is 22.0 Å². The summed E-state index contributed by atoms with van der Waals surface area (Å²) in [6.45, 7) is 4.06. The van der Waals surface area contributed by atoms with E-state index in [0.29, 0.717) is 0 Å². The summed E-state index contributed by atoms with van der Waals surface area (Å²) in [5, 5.41) is 9.16. The molecule has 0 unspecified atom stereocenters. The fraction of sp³-hybridized carbons (Fsp3) is 0.250. The van der Waals surface area contributed by atoms with Crippen LogP contribution in [0.3, 0.4) is 0 Å². The Bertz CT molecular complexity index is 1170. The van der Waals surface area contributed by atoms with Crippen LogP contribution in [0.25, 0.3) is 15.2 Å². The Morgan fingerprint density at radius 2 is 1.96 bits per heavy atom. The average Bonchev–Trinajstić information content (AvgIpc) is 3.32. The zero-order valence-corrected chi connectivity index (χ0v) is 16.6. The maximum atomic E-state index is 13.2. The van der Waals surface area contributed by atoms with Gasteiger partial charge in [-0.3, -0.25) is 9.20 Å². The number of carbonyl (C=O) groups excluding carboxylic acids is 1. The van der Waals surface area contributed by atoms with Crippen molar-refractivity contribution in [2.75, 3.05) is 4.90 Å². The summed E-state index contributed by atoms with van der Waals surface area (Å²) in [5.74, 6) is 0.119. The molecule has 0 N–H and O–H groups in total. The molecule has 136 valence electrons. The fourth-order valence-corrected chi connectivity index (χ4v) is 5.67. The Labute approximate surface area is 165 Å². The van der Waals surface area contributed by atoms with Gasteiger partial charge in [0, 0.05) is 11.7 Å². The van der Waals surface area contributed by atoms with Gasteiger partial charge in [-0.15, -0.1) is 10.2 Å². The number of aromatic nitrogens is 3. The largest absolute Gasteiger partial charge is 0.308 e. The number of amides is 1. The second-order valence-corrected chi connectivity index (χ2v) is 9.14. The van der Waals surface area contributed by atoms with Crippen LogP contribution in [-0.4, -0.2) is 31.8 Å². The van der Waals surface area contributed by atoms with E-state index in [2.05, 4.69) is 39.7 Å². The van der Waals surface area contributed by atoms with Crippen molar-refractivity contribution in [1.29, 1.82) is 0 Å². The summed E-state index contributed by atoms with van der Waals surface area (Å²) in [6.07, 6.45) is 0.906. The van der Waals surface area contributed by atoms with Gasteiger partial charge in [-0.25, -0.2) is 0 Å². The Hall–Kier alpha value is -2.38. The molecule has 4 aromatic rings. The molecule has 7 heteroatoms. The molecule has 0 spiro atoms. The number of fused-ring (bicyclic) bond motifs is 4. The lowest BCUT2D eigenvalue weighted by molar-refractivity contribution is -0.118.